The van der Waals surface area contributed by atoms with Gasteiger partial charge in [-0.15, -0.1) is 0 Å². The molecule has 0 aliphatic heterocycles. The number of aromatic nitrogens is 4. The van der Waals surface area contributed by atoms with Crippen LogP contribution in [0.15, 0.2) is 33.9 Å². The van der Waals surface area contributed by atoms with Crippen molar-refractivity contribution in [2.75, 3.05) is 6.54 Å². The predicted octanol–water partition coefficient (Wildman–Crippen LogP) is 3.45. The highest BCUT2D eigenvalue weighted by Gasteiger charge is 2.29. The molecule has 0 unspecified atom stereocenters. The number of halogens is 3. The maximum absolute atomic E-state index is 12.7. The summed E-state index contributed by atoms with van der Waals surface area (Å²) < 4.78 is 41.4. The minimum Gasteiger partial charge on any atom is -0.321 e. The fourth-order valence-corrected chi connectivity index (χ4v) is 3.63. The topological polar surface area (TPSA) is 84.7 Å². The number of rotatable bonds is 10. The van der Waals surface area contributed by atoms with E-state index in [9.17, 15) is 22.8 Å². The first-order valence-corrected chi connectivity index (χ1v) is 10.8. The van der Waals surface area contributed by atoms with Crippen LogP contribution >= 0.6 is 0 Å². The highest BCUT2D eigenvalue weighted by Crippen LogP contribution is 2.29. The van der Waals surface area contributed by atoms with E-state index in [0.29, 0.717) is 49.6 Å². The lowest BCUT2D eigenvalue weighted by atomic mass is 10.1. The second-order valence-electron chi connectivity index (χ2n) is 7.74. The van der Waals surface area contributed by atoms with Crippen LogP contribution < -0.4 is 16.6 Å². The van der Waals surface area contributed by atoms with E-state index >= 15 is 0 Å². The van der Waals surface area contributed by atoms with Crippen LogP contribution in [0.4, 0.5) is 13.2 Å². The summed E-state index contributed by atoms with van der Waals surface area (Å²) in [6, 6.07) is 5.11. The van der Waals surface area contributed by atoms with Gasteiger partial charge in [-0.3, -0.25) is 14.3 Å². The fourth-order valence-electron chi connectivity index (χ4n) is 3.63. The highest BCUT2D eigenvalue weighted by atomic mass is 19.4. The van der Waals surface area contributed by atoms with E-state index in [4.69, 9.17) is 0 Å². The number of aromatic amines is 1. The summed E-state index contributed by atoms with van der Waals surface area (Å²) in [6.45, 7) is 5.98. The molecule has 3 rings (SSSR count). The number of aryl methyl sites for hydroxylation is 2. The Hall–Kier alpha value is -2.88. The molecule has 0 fully saturated rings. The molecule has 0 atom stereocenters. The third kappa shape index (κ3) is 5.29. The summed E-state index contributed by atoms with van der Waals surface area (Å²) in [6.07, 6.45) is -1.31. The number of imidazole rings is 1. The Morgan fingerprint density at radius 3 is 2.38 bits per heavy atom. The molecule has 2 heterocycles. The van der Waals surface area contributed by atoms with Crippen molar-refractivity contribution in [3.8, 4) is 0 Å². The minimum atomic E-state index is -4.34. The van der Waals surface area contributed by atoms with Crippen molar-refractivity contribution in [1.82, 2.24) is 24.4 Å². The number of hydrogen-bond acceptors (Lipinski definition) is 4. The monoisotopic (exact) mass is 451 g/mol. The molecular weight excluding hydrogens is 423 g/mol. The molecule has 0 bridgehead atoms. The average Bonchev–Trinajstić information content (AvgIpc) is 3.09. The molecular formula is C22H28F3N5O2. The summed E-state index contributed by atoms with van der Waals surface area (Å²) in [4.78, 5) is 31.8. The predicted molar refractivity (Wildman–Crippen MR) is 117 cm³/mol. The van der Waals surface area contributed by atoms with Crippen LogP contribution in [0.5, 0.6) is 0 Å². The van der Waals surface area contributed by atoms with Crippen molar-refractivity contribution in [2.45, 2.75) is 65.3 Å². The Morgan fingerprint density at radius 2 is 1.75 bits per heavy atom. The van der Waals surface area contributed by atoms with E-state index in [1.807, 2.05) is 18.4 Å². The number of H-pyrrole nitrogens is 1. The second kappa shape index (κ2) is 10.2. The Labute approximate surface area is 183 Å². The lowest BCUT2D eigenvalue weighted by Gasteiger charge is -2.10. The van der Waals surface area contributed by atoms with Crippen LogP contribution in [0.2, 0.25) is 0 Å². The molecule has 0 aliphatic carbocycles. The number of nitrogens with one attached hydrogen (secondary N) is 2. The van der Waals surface area contributed by atoms with Gasteiger partial charge in [-0.25, -0.2) is 9.78 Å². The van der Waals surface area contributed by atoms with Crippen molar-refractivity contribution in [3.05, 3.63) is 62.1 Å². The zero-order chi connectivity index (χ0) is 23.3. The van der Waals surface area contributed by atoms with Gasteiger partial charge in [0.2, 0.25) is 0 Å². The standard InChI is InChI=1S/C22H28F3N5O2/c1-3-5-13-30-19-18(20(31)28-21(30)32)29(12-4-2)17(27-19)14-26-11-10-15-6-8-16(9-7-15)22(23,24)25/h6-9,26H,3-5,10-14H2,1-2H3,(H,28,31,32). The maximum atomic E-state index is 12.7. The maximum Gasteiger partial charge on any atom is 0.416 e. The van der Waals surface area contributed by atoms with Crippen LogP contribution in [0.3, 0.4) is 0 Å². The van der Waals surface area contributed by atoms with Crippen LogP contribution in [-0.4, -0.2) is 25.6 Å². The Balaban J connectivity index is 1.76. The van der Waals surface area contributed by atoms with Gasteiger partial charge in [-0.1, -0.05) is 32.4 Å². The van der Waals surface area contributed by atoms with Gasteiger partial charge >= 0.3 is 11.9 Å². The largest absolute Gasteiger partial charge is 0.416 e. The molecule has 1 aromatic carbocycles. The van der Waals surface area contributed by atoms with E-state index in [1.54, 1.807) is 0 Å². The Morgan fingerprint density at radius 1 is 1.03 bits per heavy atom. The smallest absolute Gasteiger partial charge is 0.321 e. The lowest BCUT2D eigenvalue weighted by Crippen LogP contribution is -2.31. The molecule has 0 spiro atoms. The summed E-state index contributed by atoms with van der Waals surface area (Å²) >= 11 is 0. The normalized spacial score (nSPS) is 12.0. The van der Waals surface area contributed by atoms with Crippen molar-refractivity contribution < 1.29 is 13.2 Å². The number of hydrogen-bond donors (Lipinski definition) is 2. The van der Waals surface area contributed by atoms with Crippen molar-refractivity contribution in [2.24, 2.45) is 0 Å². The Kier molecular flexibility index (Phi) is 7.55. The van der Waals surface area contributed by atoms with E-state index < -0.39 is 23.0 Å². The number of benzene rings is 1. The summed E-state index contributed by atoms with van der Waals surface area (Å²) in [5, 5.41) is 3.25. The summed E-state index contributed by atoms with van der Waals surface area (Å²) in [5.41, 5.74) is -0.00450. The highest BCUT2D eigenvalue weighted by molar-refractivity contribution is 5.71. The fraction of sp³-hybridized carbons (Fsp3) is 0.500. The number of fused-ring (bicyclic) bond motifs is 1. The first-order chi connectivity index (χ1) is 15.3. The molecule has 174 valence electrons. The molecule has 7 nitrogen and oxygen atoms in total. The second-order valence-corrected chi connectivity index (χ2v) is 7.74. The Bertz CT molecular complexity index is 1160. The molecule has 32 heavy (non-hydrogen) atoms. The van der Waals surface area contributed by atoms with E-state index in [0.717, 1.165) is 37.0 Å². The molecule has 0 saturated carbocycles. The van der Waals surface area contributed by atoms with Crippen LogP contribution in [0.25, 0.3) is 11.2 Å². The summed E-state index contributed by atoms with van der Waals surface area (Å²) in [5.74, 6) is 0.649. The molecule has 2 N–H and O–H groups in total. The van der Waals surface area contributed by atoms with E-state index in [1.165, 1.54) is 16.7 Å². The van der Waals surface area contributed by atoms with Gasteiger partial charge in [0.1, 0.15) is 5.82 Å². The molecule has 10 heteroatoms. The molecule has 0 radical (unpaired) electrons. The molecule has 0 saturated heterocycles. The number of nitrogens with zero attached hydrogens (tertiary/aromatic N) is 3. The molecule has 3 aromatic rings. The van der Waals surface area contributed by atoms with Gasteiger partial charge in [0.15, 0.2) is 11.2 Å². The van der Waals surface area contributed by atoms with Gasteiger partial charge < -0.3 is 9.88 Å². The third-order valence-electron chi connectivity index (χ3n) is 5.30. The first-order valence-electron chi connectivity index (χ1n) is 10.8. The first kappa shape index (κ1) is 23.8. The van der Waals surface area contributed by atoms with Crippen LogP contribution in [0, 0.1) is 0 Å². The van der Waals surface area contributed by atoms with Gasteiger partial charge in [0.25, 0.3) is 5.56 Å². The van der Waals surface area contributed by atoms with Crippen LogP contribution in [-0.2, 0) is 32.2 Å². The SMILES string of the molecule is CCCCn1c(=O)[nH]c(=O)c2c1nc(CNCCc1ccc(C(F)(F)F)cc1)n2CCC. The van der Waals surface area contributed by atoms with E-state index in [-0.39, 0.29) is 0 Å². The number of alkyl halides is 3. The lowest BCUT2D eigenvalue weighted by molar-refractivity contribution is -0.137. The van der Waals surface area contributed by atoms with Gasteiger partial charge in [0.05, 0.1) is 12.1 Å². The average molecular weight is 451 g/mol. The van der Waals surface area contributed by atoms with Gasteiger partial charge in [-0.05, 0) is 43.5 Å². The minimum absolute atomic E-state index is 0.372. The third-order valence-corrected chi connectivity index (χ3v) is 5.30. The van der Waals surface area contributed by atoms with Gasteiger partial charge in [-0.2, -0.15) is 13.2 Å². The van der Waals surface area contributed by atoms with E-state index in [2.05, 4.69) is 15.3 Å². The molecule has 0 amide bonds. The molecule has 2 aromatic heterocycles. The zero-order valence-corrected chi connectivity index (χ0v) is 18.3. The zero-order valence-electron chi connectivity index (χ0n) is 18.3. The number of unbranched alkanes of at least 4 members (excludes halogenated alkanes) is 1. The van der Waals surface area contributed by atoms with Crippen molar-refractivity contribution in [3.63, 3.8) is 0 Å². The van der Waals surface area contributed by atoms with Crippen LogP contribution in [0.1, 0.15) is 50.1 Å². The van der Waals surface area contributed by atoms with Crippen molar-refractivity contribution in [1.29, 1.82) is 0 Å². The van der Waals surface area contributed by atoms with Gasteiger partial charge in [0, 0.05) is 13.1 Å². The van der Waals surface area contributed by atoms with Crippen molar-refractivity contribution >= 4 is 11.2 Å². The quantitative estimate of drug-likeness (QED) is 0.463. The molecule has 0 aliphatic rings. The summed E-state index contributed by atoms with van der Waals surface area (Å²) in [7, 11) is 0.